The van der Waals surface area contributed by atoms with Crippen molar-refractivity contribution in [2.45, 2.75) is 6.54 Å². The van der Waals surface area contributed by atoms with Crippen molar-refractivity contribution in [1.82, 2.24) is 9.13 Å². The highest BCUT2D eigenvalue weighted by Crippen LogP contribution is 2.18. The lowest BCUT2D eigenvalue weighted by Gasteiger charge is -2.12. The fourth-order valence-electron chi connectivity index (χ4n) is 2.82. The van der Waals surface area contributed by atoms with Gasteiger partial charge < -0.3 is 0 Å². The number of fused-ring (bicyclic) bond motifs is 1. The zero-order chi connectivity index (χ0) is 17.4. The van der Waals surface area contributed by atoms with E-state index in [0.29, 0.717) is 27.5 Å². The summed E-state index contributed by atoms with van der Waals surface area (Å²) in [5.41, 5.74) is 1.53. The maximum atomic E-state index is 13.1. The normalized spacial score (nSPS) is 11.1. The molecule has 0 aliphatic heterocycles. The van der Waals surface area contributed by atoms with Crippen LogP contribution >= 0.6 is 22.9 Å². The molecule has 25 heavy (non-hydrogen) atoms. The largest absolute Gasteiger partial charge is 0.336 e. The third-order valence-corrected chi connectivity index (χ3v) is 5.17. The van der Waals surface area contributed by atoms with Crippen molar-refractivity contribution in [2.75, 3.05) is 0 Å². The summed E-state index contributed by atoms with van der Waals surface area (Å²) >= 11 is 7.28. The first-order valence-corrected chi connectivity index (χ1v) is 8.94. The molecule has 0 aliphatic rings. The van der Waals surface area contributed by atoms with Crippen LogP contribution in [-0.4, -0.2) is 9.13 Å². The Hall–Kier alpha value is -2.63. The lowest BCUT2D eigenvalue weighted by atomic mass is 10.2. The molecule has 0 aliphatic carbocycles. The second kappa shape index (κ2) is 6.35. The summed E-state index contributed by atoms with van der Waals surface area (Å²) in [6.45, 7) is 0.371. The Morgan fingerprint density at radius 2 is 1.64 bits per heavy atom. The number of aromatic nitrogens is 2. The van der Waals surface area contributed by atoms with Gasteiger partial charge in [-0.25, -0.2) is 9.36 Å². The van der Waals surface area contributed by atoms with Gasteiger partial charge in [-0.3, -0.25) is 9.36 Å². The van der Waals surface area contributed by atoms with E-state index >= 15 is 0 Å². The van der Waals surface area contributed by atoms with Crippen LogP contribution in [-0.2, 0) is 6.54 Å². The second-order valence-electron chi connectivity index (χ2n) is 5.61. The van der Waals surface area contributed by atoms with Crippen LogP contribution in [0.3, 0.4) is 0 Å². The smallest absolute Gasteiger partial charge is 0.288 e. The van der Waals surface area contributed by atoms with E-state index < -0.39 is 0 Å². The average Bonchev–Trinajstić information content (AvgIpc) is 3.11. The van der Waals surface area contributed by atoms with Crippen LogP contribution in [0.15, 0.2) is 75.6 Å². The van der Waals surface area contributed by atoms with Crippen LogP contribution < -0.4 is 11.2 Å². The number of thiophene rings is 1. The first-order chi connectivity index (χ1) is 12.1. The van der Waals surface area contributed by atoms with Gasteiger partial charge in [-0.2, -0.15) is 0 Å². The fraction of sp³-hybridized carbons (Fsp3) is 0.0526. The highest BCUT2D eigenvalue weighted by atomic mass is 35.5. The van der Waals surface area contributed by atoms with Gasteiger partial charge in [0.15, 0.2) is 0 Å². The zero-order valence-electron chi connectivity index (χ0n) is 13.1. The van der Waals surface area contributed by atoms with Crippen molar-refractivity contribution in [3.05, 3.63) is 97.5 Å². The molecule has 0 saturated heterocycles. The molecular weight excluding hydrogens is 356 g/mol. The minimum absolute atomic E-state index is 0.284. The standard InChI is InChI=1S/C19H13ClN2O2S/c20-14-8-6-13(7-9-14)12-21-16-10-11-25-17(16)18(23)22(19(21)24)15-4-2-1-3-5-15/h1-11H,12H2. The van der Waals surface area contributed by atoms with Crippen LogP contribution in [0.4, 0.5) is 0 Å². The summed E-state index contributed by atoms with van der Waals surface area (Å²) < 4.78 is 3.43. The first kappa shape index (κ1) is 15.9. The van der Waals surface area contributed by atoms with Crippen LogP contribution in [0.2, 0.25) is 5.02 Å². The molecule has 4 nitrogen and oxygen atoms in total. The van der Waals surface area contributed by atoms with E-state index in [1.165, 1.54) is 15.9 Å². The Morgan fingerprint density at radius 1 is 0.920 bits per heavy atom. The number of hydrogen-bond acceptors (Lipinski definition) is 3. The summed E-state index contributed by atoms with van der Waals surface area (Å²) in [7, 11) is 0. The molecule has 0 fully saturated rings. The molecule has 0 N–H and O–H groups in total. The number of halogens is 1. The van der Waals surface area contributed by atoms with Crippen LogP contribution in [0.1, 0.15) is 5.56 Å². The third-order valence-electron chi connectivity index (χ3n) is 4.02. The summed E-state index contributed by atoms with van der Waals surface area (Å²) in [5, 5.41) is 2.48. The molecule has 4 aromatic rings. The molecule has 0 bridgehead atoms. The maximum absolute atomic E-state index is 13.1. The first-order valence-electron chi connectivity index (χ1n) is 7.68. The molecule has 124 valence electrons. The van der Waals surface area contributed by atoms with Crippen molar-refractivity contribution in [3.63, 3.8) is 0 Å². The summed E-state index contributed by atoms with van der Waals surface area (Å²) in [6.07, 6.45) is 0. The zero-order valence-corrected chi connectivity index (χ0v) is 14.6. The van der Waals surface area contributed by atoms with Crippen molar-refractivity contribution < 1.29 is 0 Å². The molecule has 2 heterocycles. The molecule has 4 rings (SSSR count). The van der Waals surface area contributed by atoms with Crippen molar-refractivity contribution >= 4 is 33.2 Å². The fourth-order valence-corrected chi connectivity index (χ4v) is 3.77. The predicted octanol–water partition coefficient (Wildman–Crippen LogP) is 3.92. The molecule has 0 saturated carbocycles. The number of rotatable bonds is 3. The summed E-state index contributed by atoms with van der Waals surface area (Å²) in [5.74, 6) is 0. The van der Waals surface area contributed by atoms with Crippen molar-refractivity contribution in [1.29, 1.82) is 0 Å². The van der Waals surface area contributed by atoms with Crippen LogP contribution in [0.5, 0.6) is 0 Å². The molecule has 2 aromatic carbocycles. The minimum atomic E-state index is -0.350. The molecule has 2 aromatic heterocycles. The van der Waals surface area contributed by atoms with E-state index in [9.17, 15) is 9.59 Å². The topological polar surface area (TPSA) is 44.0 Å². The SMILES string of the molecule is O=c1c2sccc2n(Cc2ccc(Cl)cc2)c(=O)n1-c1ccccc1. The van der Waals surface area contributed by atoms with E-state index in [1.54, 1.807) is 28.8 Å². The van der Waals surface area contributed by atoms with Gasteiger partial charge >= 0.3 is 5.69 Å². The van der Waals surface area contributed by atoms with Gasteiger partial charge in [0.25, 0.3) is 5.56 Å². The highest BCUT2D eigenvalue weighted by Gasteiger charge is 2.15. The quantitative estimate of drug-likeness (QED) is 0.550. The van der Waals surface area contributed by atoms with Crippen LogP contribution in [0, 0.1) is 0 Å². The van der Waals surface area contributed by atoms with Crippen molar-refractivity contribution in [2.24, 2.45) is 0 Å². The third kappa shape index (κ3) is 2.81. The predicted molar refractivity (Wildman–Crippen MR) is 102 cm³/mol. The Kier molecular flexibility index (Phi) is 4.03. The number of nitrogens with zero attached hydrogens (tertiary/aromatic N) is 2. The van der Waals surface area contributed by atoms with Gasteiger partial charge in [-0.15, -0.1) is 11.3 Å². The minimum Gasteiger partial charge on any atom is -0.288 e. The van der Waals surface area contributed by atoms with E-state index in [2.05, 4.69) is 0 Å². The van der Waals surface area contributed by atoms with Gasteiger partial charge in [0, 0.05) is 5.02 Å². The van der Waals surface area contributed by atoms with E-state index in [0.717, 1.165) is 5.56 Å². The lowest BCUT2D eigenvalue weighted by Crippen LogP contribution is -2.38. The molecule has 0 radical (unpaired) electrons. The Bertz CT molecular complexity index is 1160. The molecule has 0 unspecified atom stereocenters. The monoisotopic (exact) mass is 368 g/mol. The molecule has 0 amide bonds. The van der Waals surface area contributed by atoms with Gasteiger partial charge in [0.2, 0.25) is 0 Å². The van der Waals surface area contributed by atoms with E-state index in [-0.39, 0.29) is 11.2 Å². The molecule has 0 spiro atoms. The Balaban J connectivity index is 1.98. The summed E-state index contributed by atoms with van der Waals surface area (Å²) in [6, 6.07) is 18.1. The van der Waals surface area contributed by atoms with E-state index in [4.69, 9.17) is 11.6 Å². The van der Waals surface area contributed by atoms with E-state index in [1.807, 2.05) is 41.8 Å². The van der Waals surface area contributed by atoms with Gasteiger partial charge in [-0.05, 0) is 41.3 Å². The summed E-state index contributed by atoms with van der Waals surface area (Å²) in [4.78, 5) is 25.9. The van der Waals surface area contributed by atoms with Crippen LogP contribution in [0.25, 0.3) is 15.9 Å². The number of benzene rings is 2. The number of para-hydroxylation sites is 1. The lowest BCUT2D eigenvalue weighted by molar-refractivity contribution is 0.716. The average molecular weight is 369 g/mol. The van der Waals surface area contributed by atoms with Gasteiger partial charge in [0.1, 0.15) is 4.70 Å². The highest BCUT2D eigenvalue weighted by molar-refractivity contribution is 7.17. The Morgan fingerprint density at radius 3 is 2.36 bits per heavy atom. The second-order valence-corrected chi connectivity index (χ2v) is 6.96. The van der Waals surface area contributed by atoms with Gasteiger partial charge in [-0.1, -0.05) is 41.9 Å². The maximum Gasteiger partial charge on any atom is 0.336 e. The number of hydrogen-bond donors (Lipinski definition) is 0. The van der Waals surface area contributed by atoms with Gasteiger partial charge in [0.05, 0.1) is 17.7 Å². The molecule has 0 atom stereocenters. The van der Waals surface area contributed by atoms with Crippen molar-refractivity contribution in [3.8, 4) is 5.69 Å². The Labute approximate surface area is 152 Å². The molecular formula is C19H13ClN2O2S. The molecule has 6 heteroatoms.